The molecule has 4 aromatic carbocycles. The number of aryl methyl sites for hydroxylation is 1. The van der Waals surface area contributed by atoms with Crippen LogP contribution >= 0.6 is 0 Å². The van der Waals surface area contributed by atoms with Crippen molar-refractivity contribution in [3.63, 3.8) is 0 Å². The molecule has 55 heavy (non-hydrogen) atoms. The third-order valence-electron chi connectivity index (χ3n) is 10.8. The van der Waals surface area contributed by atoms with E-state index in [2.05, 4.69) is 41.8 Å². The second-order valence-electron chi connectivity index (χ2n) is 15.8. The number of likely N-dealkylation sites (N-methyl/N-ethyl adjacent to an activating group) is 1. The average molecular weight is 744 g/mol. The molecule has 1 saturated heterocycles. The summed E-state index contributed by atoms with van der Waals surface area (Å²) in [7, 11) is 1.76. The smallest absolute Gasteiger partial charge is 0.251 e. The Labute approximate surface area is 326 Å². The number of unbranched alkanes of at least 4 members (excludes halogenated alkanes) is 1. The lowest BCUT2D eigenvalue weighted by Crippen LogP contribution is -2.54. The van der Waals surface area contributed by atoms with Gasteiger partial charge in [0.2, 0.25) is 12.3 Å². The Kier molecular flexibility index (Phi) is 14.2. The van der Waals surface area contributed by atoms with Crippen molar-refractivity contribution in [1.29, 1.82) is 0 Å². The zero-order valence-corrected chi connectivity index (χ0v) is 32.9. The number of carbonyl (C=O) groups is 4. The predicted octanol–water partition coefficient (Wildman–Crippen LogP) is 6.36. The number of hydrogen-bond acceptors (Lipinski definition) is 6. The minimum Gasteiger partial charge on any atom is -0.347 e. The standard InChI is InChI=1S/C46H57N5O4/c1-32(41(35-18-8-6-9-19-35)36-20-10-7-11-21-36)50(31-52)29-33-23-25-37(26-24-33)44(54)49-38-28-40(51(30-38)45(55)43(48-5)46(2,3)4)42(53)39-22-13-12-16-34(39)17-14-15-27-47/h6-13,16,18-26,31-32,38,40-41,43,48H,14-15,17,27-30,47H2,1-5H3,(H,49,54). The molecule has 0 bridgehead atoms. The molecule has 9 heteroatoms. The SMILES string of the molecule is CNC(C(=O)N1CC(NC(=O)c2ccc(CN(C=O)C(C)C(c3ccccc3)c3ccccc3)cc2)CC1C(=O)c1ccccc1CCCCN)C(C)(C)C. The van der Waals surface area contributed by atoms with Gasteiger partial charge in [0.05, 0.1) is 12.1 Å². The van der Waals surface area contributed by atoms with Crippen LogP contribution in [0.2, 0.25) is 0 Å². The van der Waals surface area contributed by atoms with Crippen molar-refractivity contribution in [3.05, 3.63) is 143 Å². The molecule has 1 fully saturated rings. The molecule has 1 aliphatic rings. The minimum absolute atomic E-state index is 0.0253. The third-order valence-corrected chi connectivity index (χ3v) is 10.8. The summed E-state index contributed by atoms with van der Waals surface area (Å²) in [6.07, 6.45) is 3.65. The molecule has 4 N–H and O–H groups in total. The van der Waals surface area contributed by atoms with Crippen molar-refractivity contribution in [2.24, 2.45) is 11.1 Å². The van der Waals surface area contributed by atoms with Gasteiger partial charge in [-0.05, 0) is 86.0 Å². The molecular formula is C46H57N5O4. The molecule has 0 radical (unpaired) electrons. The quantitative estimate of drug-likeness (QED) is 0.0657. The topological polar surface area (TPSA) is 125 Å². The van der Waals surface area contributed by atoms with E-state index in [0.29, 0.717) is 30.6 Å². The van der Waals surface area contributed by atoms with Crippen molar-refractivity contribution < 1.29 is 19.2 Å². The van der Waals surface area contributed by atoms with E-state index in [1.54, 1.807) is 29.0 Å². The Morgan fingerprint density at radius 3 is 2.04 bits per heavy atom. The van der Waals surface area contributed by atoms with Crippen LogP contribution < -0.4 is 16.4 Å². The van der Waals surface area contributed by atoms with Crippen LogP contribution in [0.5, 0.6) is 0 Å². The Balaban J connectivity index is 1.31. The number of carbonyl (C=O) groups excluding carboxylic acids is 4. The number of ketones is 1. The van der Waals surface area contributed by atoms with Gasteiger partial charge in [-0.2, -0.15) is 0 Å². The highest BCUT2D eigenvalue weighted by atomic mass is 16.2. The van der Waals surface area contributed by atoms with Crippen LogP contribution in [0.1, 0.15) is 95.8 Å². The largest absolute Gasteiger partial charge is 0.347 e. The highest BCUT2D eigenvalue weighted by molar-refractivity contribution is 6.04. The number of nitrogens with one attached hydrogen (secondary N) is 2. The lowest BCUT2D eigenvalue weighted by Gasteiger charge is -2.34. The van der Waals surface area contributed by atoms with Crippen LogP contribution in [0.15, 0.2) is 109 Å². The van der Waals surface area contributed by atoms with Crippen LogP contribution in [0.3, 0.4) is 0 Å². The highest BCUT2D eigenvalue weighted by Crippen LogP contribution is 2.32. The number of nitrogens with two attached hydrogens (primary N) is 1. The van der Waals surface area contributed by atoms with Crippen LogP contribution in [0, 0.1) is 5.41 Å². The molecule has 0 saturated carbocycles. The summed E-state index contributed by atoms with van der Waals surface area (Å²) in [6.45, 7) is 9.23. The fourth-order valence-electron chi connectivity index (χ4n) is 7.92. The van der Waals surface area contributed by atoms with Crippen LogP contribution in [0.4, 0.5) is 0 Å². The van der Waals surface area contributed by atoms with E-state index >= 15 is 0 Å². The van der Waals surface area contributed by atoms with E-state index < -0.39 is 23.5 Å². The maximum absolute atomic E-state index is 14.3. The number of benzene rings is 4. The number of hydrogen-bond donors (Lipinski definition) is 3. The molecule has 4 unspecified atom stereocenters. The summed E-state index contributed by atoms with van der Waals surface area (Å²) in [5, 5.41) is 6.29. The molecule has 4 aromatic rings. The Morgan fingerprint density at radius 2 is 1.47 bits per heavy atom. The first-order valence-electron chi connectivity index (χ1n) is 19.5. The van der Waals surface area contributed by atoms with Crippen LogP contribution in [-0.2, 0) is 22.6 Å². The van der Waals surface area contributed by atoms with E-state index in [9.17, 15) is 19.2 Å². The molecule has 9 nitrogen and oxygen atoms in total. The lowest BCUT2D eigenvalue weighted by molar-refractivity contribution is -0.136. The molecule has 4 atom stereocenters. The molecule has 3 amide bonds. The Bertz CT molecular complexity index is 1840. The molecule has 0 aromatic heterocycles. The van der Waals surface area contributed by atoms with Crippen molar-refractivity contribution >= 4 is 24.0 Å². The first-order valence-corrected chi connectivity index (χ1v) is 19.5. The summed E-state index contributed by atoms with van der Waals surface area (Å²) < 4.78 is 0. The Hall–Kier alpha value is -5.12. The van der Waals surface area contributed by atoms with Gasteiger partial charge in [0, 0.05) is 42.2 Å². The van der Waals surface area contributed by atoms with Gasteiger partial charge in [0.25, 0.3) is 5.91 Å². The number of rotatable bonds is 17. The van der Waals surface area contributed by atoms with E-state index in [1.807, 2.05) is 93.6 Å². The highest BCUT2D eigenvalue weighted by Gasteiger charge is 2.44. The zero-order chi connectivity index (χ0) is 39.5. The predicted molar refractivity (Wildman–Crippen MR) is 219 cm³/mol. The monoisotopic (exact) mass is 743 g/mol. The molecule has 1 aliphatic heterocycles. The van der Waals surface area contributed by atoms with Gasteiger partial charge in [-0.3, -0.25) is 19.2 Å². The molecular weight excluding hydrogens is 687 g/mol. The van der Waals surface area contributed by atoms with Gasteiger partial charge in [-0.25, -0.2) is 0 Å². The van der Waals surface area contributed by atoms with Gasteiger partial charge in [0.15, 0.2) is 5.78 Å². The van der Waals surface area contributed by atoms with Crippen molar-refractivity contribution in [2.45, 2.75) is 90.0 Å². The summed E-state index contributed by atoms with van der Waals surface area (Å²) >= 11 is 0. The molecule has 1 heterocycles. The third kappa shape index (κ3) is 10.1. The second-order valence-corrected chi connectivity index (χ2v) is 15.8. The normalized spacial score (nSPS) is 16.7. The zero-order valence-electron chi connectivity index (χ0n) is 32.9. The van der Waals surface area contributed by atoms with E-state index in [0.717, 1.165) is 47.9 Å². The van der Waals surface area contributed by atoms with Gasteiger partial charge in [0.1, 0.15) is 0 Å². The molecule has 0 spiro atoms. The number of likely N-dealkylation sites (tertiary alicyclic amines) is 1. The fourth-order valence-corrected chi connectivity index (χ4v) is 7.92. The van der Waals surface area contributed by atoms with Crippen molar-refractivity contribution in [3.8, 4) is 0 Å². The summed E-state index contributed by atoms with van der Waals surface area (Å²) in [5.41, 5.74) is 10.5. The van der Waals surface area contributed by atoms with Gasteiger partial charge in [-0.1, -0.05) is 118 Å². The minimum atomic E-state index is -0.721. The number of Topliss-reactive ketones (excluding diaryl/α,β-unsaturated/α-hetero) is 1. The van der Waals surface area contributed by atoms with Crippen molar-refractivity contribution in [1.82, 2.24) is 20.4 Å². The summed E-state index contributed by atoms with van der Waals surface area (Å²) in [6, 6.07) is 33.5. The maximum Gasteiger partial charge on any atom is 0.251 e. The molecule has 5 rings (SSSR count). The number of amides is 3. The van der Waals surface area contributed by atoms with Crippen LogP contribution in [-0.4, -0.2) is 78.1 Å². The fraction of sp³-hybridized carbons (Fsp3) is 0.391. The first-order chi connectivity index (χ1) is 26.5. The number of nitrogens with zero attached hydrogens (tertiary/aromatic N) is 2. The molecule has 0 aliphatic carbocycles. The van der Waals surface area contributed by atoms with Gasteiger partial charge < -0.3 is 26.2 Å². The lowest BCUT2D eigenvalue weighted by atomic mass is 9.85. The van der Waals surface area contributed by atoms with Crippen molar-refractivity contribution in [2.75, 3.05) is 20.1 Å². The maximum atomic E-state index is 14.3. The summed E-state index contributed by atoms with van der Waals surface area (Å²) in [4.78, 5) is 58.1. The first kappa shape index (κ1) is 41.1. The van der Waals surface area contributed by atoms with Gasteiger partial charge in [-0.15, -0.1) is 0 Å². The van der Waals surface area contributed by atoms with E-state index in [4.69, 9.17) is 5.73 Å². The molecule has 290 valence electrons. The van der Waals surface area contributed by atoms with Gasteiger partial charge >= 0.3 is 0 Å². The van der Waals surface area contributed by atoms with Crippen LogP contribution in [0.25, 0.3) is 0 Å². The van der Waals surface area contributed by atoms with E-state index in [1.165, 1.54) is 0 Å². The second kappa shape index (κ2) is 19.0. The van der Waals surface area contributed by atoms with E-state index in [-0.39, 0.29) is 36.1 Å². The summed E-state index contributed by atoms with van der Waals surface area (Å²) in [5.74, 6) is -0.584. The average Bonchev–Trinajstić information content (AvgIpc) is 3.61. The Morgan fingerprint density at radius 1 is 0.873 bits per heavy atom.